The second-order valence-electron chi connectivity index (χ2n) is 5.54. The molecule has 1 aliphatic heterocycles. The van der Waals surface area contributed by atoms with Gasteiger partial charge in [-0.3, -0.25) is 0 Å². The minimum atomic E-state index is 0.329. The molecule has 1 fully saturated rings. The van der Waals surface area contributed by atoms with Crippen LogP contribution in [0.1, 0.15) is 25.0 Å². The number of rotatable bonds is 3. The van der Waals surface area contributed by atoms with Crippen LogP contribution in [0.4, 0.5) is 5.82 Å². The Morgan fingerprint density at radius 1 is 1.50 bits per heavy atom. The Bertz CT molecular complexity index is 418. The number of anilines is 1. The summed E-state index contributed by atoms with van der Waals surface area (Å²) in [7, 11) is 1.97. The number of pyridine rings is 1. The SMILES string of the molecule is CNCc1cnc(N2CCSC(C)(C)C2)c(C)c1. The van der Waals surface area contributed by atoms with Crippen LogP contribution in [-0.4, -0.2) is 35.6 Å². The van der Waals surface area contributed by atoms with Gasteiger partial charge in [0.15, 0.2) is 0 Å². The third kappa shape index (κ3) is 3.18. The van der Waals surface area contributed by atoms with E-state index in [2.05, 4.69) is 53.8 Å². The molecular weight excluding hydrogens is 242 g/mol. The van der Waals surface area contributed by atoms with Gasteiger partial charge in [-0.05, 0) is 45.0 Å². The van der Waals surface area contributed by atoms with E-state index in [4.69, 9.17) is 0 Å². The van der Waals surface area contributed by atoms with E-state index >= 15 is 0 Å². The Balaban J connectivity index is 2.18. The zero-order chi connectivity index (χ0) is 13.2. The summed E-state index contributed by atoms with van der Waals surface area (Å²) in [5.41, 5.74) is 2.54. The topological polar surface area (TPSA) is 28.2 Å². The minimum Gasteiger partial charge on any atom is -0.354 e. The summed E-state index contributed by atoms with van der Waals surface area (Å²) >= 11 is 2.06. The lowest BCUT2D eigenvalue weighted by Gasteiger charge is -2.38. The molecule has 1 N–H and O–H groups in total. The fourth-order valence-corrected chi connectivity index (χ4v) is 3.57. The van der Waals surface area contributed by atoms with Crippen molar-refractivity contribution in [1.82, 2.24) is 10.3 Å². The summed E-state index contributed by atoms with van der Waals surface area (Å²) in [6.07, 6.45) is 1.99. The Morgan fingerprint density at radius 2 is 2.28 bits per heavy atom. The largest absolute Gasteiger partial charge is 0.354 e. The molecule has 1 aromatic rings. The van der Waals surface area contributed by atoms with Crippen molar-refractivity contribution in [2.75, 3.05) is 30.8 Å². The first-order chi connectivity index (χ1) is 8.52. The van der Waals surface area contributed by atoms with E-state index in [0.717, 1.165) is 25.5 Å². The van der Waals surface area contributed by atoms with E-state index in [1.807, 2.05) is 13.2 Å². The van der Waals surface area contributed by atoms with Crippen LogP contribution in [0.3, 0.4) is 0 Å². The van der Waals surface area contributed by atoms with Crippen molar-refractivity contribution in [1.29, 1.82) is 0 Å². The van der Waals surface area contributed by atoms with Gasteiger partial charge in [0.25, 0.3) is 0 Å². The van der Waals surface area contributed by atoms with Crippen LogP contribution >= 0.6 is 11.8 Å². The van der Waals surface area contributed by atoms with Gasteiger partial charge >= 0.3 is 0 Å². The molecule has 0 aliphatic carbocycles. The highest BCUT2D eigenvalue weighted by molar-refractivity contribution is 8.00. The number of nitrogens with one attached hydrogen (secondary N) is 1. The van der Waals surface area contributed by atoms with Crippen molar-refractivity contribution in [2.24, 2.45) is 0 Å². The molecule has 4 heteroatoms. The Labute approximate surface area is 114 Å². The molecule has 0 atom stereocenters. The van der Waals surface area contributed by atoms with Crippen LogP contribution in [0.5, 0.6) is 0 Å². The molecule has 0 spiro atoms. The Kier molecular flexibility index (Phi) is 4.17. The van der Waals surface area contributed by atoms with Gasteiger partial charge in [0.05, 0.1) is 0 Å². The molecule has 0 saturated carbocycles. The van der Waals surface area contributed by atoms with E-state index in [9.17, 15) is 0 Å². The van der Waals surface area contributed by atoms with Crippen LogP contribution in [0.2, 0.25) is 0 Å². The molecule has 1 aromatic heterocycles. The van der Waals surface area contributed by atoms with Gasteiger partial charge in [0.2, 0.25) is 0 Å². The molecule has 18 heavy (non-hydrogen) atoms. The highest BCUT2D eigenvalue weighted by Gasteiger charge is 2.28. The van der Waals surface area contributed by atoms with Crippen molar-refractivity contribution >= 4 is 17.6 Å². The van der Waals surface area contributed by atoms with Crippen LogP contribution in [0.15, 0.2) is 12.3 Å². The lowest BCUT2D eigenvalue weighted by Crippen LogP contribution is -2.43. The van der Waals surface area contributed by atoms with E-state index in [-0.39, 0.29) is 0 Å². The van der Waals surface area contributed by atoms with Crippen molar-refractivity contribution in [2.45, 2.75) is 32.1 Å². The molecule has 0 unspecified atom stereocenters. The van der Waals surface area contributed by atoms with E-state index < -0.39 is 0 Å². The van der Waals surface area contributed by atoms with Gasteiger partial charge in [0, 0.05) is 36.3 Å². The molecule has 100 valence electrons. The Morgan fingerprint density at radius 3 is 2.89 bits per heavy atom. The summed E-state index contributed by atoms with van der Waals surface area (Å²) < 4.78 is 0.329. The molecule has 0 radical (unpaired) electrons. The molecule has 2 heterocycles. The summed E-state index contributed by atoms with van der Waals surface area (Å²) in [6.45, 7) is 9.86. The lowest BCUT2D eigenvalue weighted by atomic mass is 10.1. The summed E-state index contributed by atoms with van der Waals surface area (Å²) in [5, 5.41) is 3.17. The highest BCUT2D eigenvalue weighted by atomic mass is 32.2. The van der Waals surface area contributed by atoms with Gasteiger partial charge in [-0.1, -0.05) is 0 Å². The predicted octanol–water partition coefficient (Wildman–Crippen LogP) is 2.44. The molecule has 0 amide bonds. The summed E-state index contributed by atoms with van der Waals surface area (Å²) in [4.78, 5) is 7.09. The second-order valence-corrected chi connectivity index (χ2v) is 7.35. The average Bonchev–Trinajstić information content (AvgIpc) is 2.28. The van der Waals surface area contributed by atoms with Crippen LogP contribution in [0, 0.1) is 6.92 Å². The van der Waals surface area contributed by atoms with Crippen LogP contribution < -0.4 is 10.2 Å². The first-order valence-electron chi connectivity index (χ1n) is 6.51. The molecule has 2 rings (SSSR count). The number of hydrogen-bond acceptors (Lipinski definition) is 4. The smallest absolute Gasteiger partial charge is 0.131 e. The van der Waals surface area contributed by atoms with E-state index in [1.165, 1.54) is 16.9 Å². The molecule has 1 saturated heterocycles. The Hall–Kier alpha value is -0.740. The van der Waals surface area contributed by atoms with Gasteiger partial charge < -0.3 is 10.2 Å². The first-order valence-corrected chi connectivity index (χ1v) is 7.49. The van der Waals surface area contributed by atoms with Gasteiger partial charge in [-0.25, -0.2) is 4.98 Å². The number of aryl methyl sites for hydroxylation is 1. The molecule has 3 nitrogen and oxygen atoms in total. The average molecular weight is 265 g/mol. The normalized spacial score (nSPS) is 19.0. The third-order valence-corrected chi connectivity index (χ3v) is 4.51. The van der Waals surface area contributed by atoms with Gasteiger partial charge in [-0.15, -0.1) is 0 Å². The van der Waals surface area contributed by atoms with Crippen molar-refractivity contribution in [3.63, 3.8) is 0 Å². The molecule has 0 bridgehead atoms. The monoisotopic (exact) mass is 265 g/mol. The maximum Gasteiger partial charge on any atom is 0.131 e. The van der Waals surface area contributed by atoms with E-state index in [0.29, 0.717) is 4.75 Å². The number of aromatic nitrogens is 1. The molecule has 1 aliphatic rings. The fraction of sp³-hybridized carbons (Fsp3) is 0.643. The summed E-state index contributed by atoms with van der Waals surface area (Å²) in [6, 6.07) is 2.24. The maximum absolute atomic E-state index is 4.66. The zero-order valence-electron chi connectivity index (χ0n) is 11.8. The summed E-state index contributed by atoms with van der Waals surface area (Å²) in [5.74, 6) is 2.34. The van der Waals surface area contributed by atoms with Gasteiger partial charge in [-0.2, -0.15) is 11.8 Å². The third-order valence-electron chi connectivity index (χ3n) is 3.21. The maximum atomic E-state index is 4.66. The molecular formula is C14H23N3S. The highest BCUT2D eigenvalue weighted by Crippen LogP contribution is 2.32. The quantitative estimate of drug-likeness (QED) is 0.908. The molecule has 0 aromatic carbocycles. The number of thioether (sulfide) groups is 1. The lowest BCUT2D eigenvalue weighted by molar-refractivity contribution is 0.640. The fourth-order valence-electron chi connectivity index (χ4n) is 2.45. The minimum absolute atomic E-state index is 0.329. The van der Waals surface area contributed by atoms with Gasteiger partial charge in [0.1, 0.15) is 5.82 Å². The van der Waals surface area contributed by atoms with Crippen LogP contribution in [0.25, 0.3) is 0 Å². The van der Waals surface area contributed by atoms with Crippen LogP contribution in [-0.2, 0) is 6.54 Å². The van der Waals surface area contributed by atoms with Crippen molar-refractivity contribution in [3.8, 4) is 0 Å². The number of hydrogen-bond donors (Lipinski definition) is 1. The van der Waals surface area contributed by atoms with E-state index in [1.54, 1.807) is 0 Å². The van der Waals surface area contributed by atoms with Crippen molar-refractivity contribution < 1.29 is 0 Å². The zero-order valence-corrected chi connectivity index (χ0v) is 12.6. The second kappa shape index (κ2) is 5.49. The predicted molar refractivity (Wildman–Crippen MR) is 80.5 cm³/mol. The first kappa shape index (κ1) is 13.7. The standard InChI is InChI=1S/C14H23N3S/c1-11-7-12(8-15-4)9-16-13(11)17-5-6-18-14(2,3)10-17/h7,9,15H,5-6,8,10H2,1-4H3. The number of nitrogens with zero attached hydrogens (tertiary/aromatic N) is 2. The van der Waals surface area contributed by atoms with Crippen molar-refractivity contribution in [3.05, 3.63) is 23.4 Å².